The van der Waals surface area contributed by atoms with Gasteiger partial charge in [0.2, 0.25) is 0 Å². The summed E-state index contributed by atoms with van der Waals surface area (Å²) in [6.07, 6.45) is 1.64. The first kappa shape index (κ1) is 14.2. The molecule has 58 valence electrons. The average Bonchev–Trinajstić information content (AvgIpc) is 1.63. The molecule has 0 saturated heterocycles. The van der Waals surface area contributed by atoms with Crippen molar-refractivity contribution in [1.29, 1.82) is 0 Å². The van der Waals surface area contributed by atoms with Crippen LogP contribution in [-0.2, 0) is 4.43 Å². The van der Waals surface area contributed by atoms with Gasteiger partial charge in [0.15, 0.2) is 0 Å². The molecule has 6 heteroatoms. The van der Waals surface area contributed by atoms with E-state index in [4.69, 9.17) is 14.4 Å². The predicted molar refractivity (Wildman–Crippen MR) is 40.4 cm³/mol. The molecular formula is C4H13KO4Si. The number of hydrogen-bond acceptors (Lipinski definition) is 4. The first-order valence-electron chi connectivity index (χ1n) is 2.87. The number of rotatable bonds is 4. The van der Waals surface area contributed by atoms with Crippen molar-refractivity contribution in [3.8, 4) is 0 Å². The fraction of sp³-hybridized carbons (Fsp3) is 1.00. The Balaban J connectivity index is 0. The Morgan fingerprint density at radius 1 is 1.30 bits per heavy atom. The topological polar surface area (TPSA) is 69.9 Å². The monoisotopic (exact) mass is 192 g/mol. The van der Waals surface area contributed by atoms with E-state index in [1.165, 1.54) is 0 Å². The van der Waals surface area contributed by atoms with Crippen molar-refractivity contribution in [1.82, 2.24) is 0 Å². The van der Waals surface area contributed by atoms with Crippen LogP contribution < -0.4 is 0 Å². The Bertz CT molecular complexity index is 74.1. The number of unbranched alkanes of at least 4 members (excludes halogenated alkanes) is 1. The summed E-state index contributed by atoms with van der Waals surface area (Å²) in [5.74, 6) is 0. The molecule has 0 spiro atoms. The van der Waals surface area contributed by atoms with E-state index in [2.05, 4.69) is 4.43 Å². The summed E-state index contributed by atoms with van der Waals surface area (Å²) in [5.41, 5.74) is 0. The first-order valence-corrected chi connectivity index (χ1v) is 4.62. The van der Waals surface area contributed by atoms with Crippen LogP contribution in [0, 0.1) is 0 Å². The molecule has 0 aromatic heterocycles. The fourth-order valence-electron chi connectivity index (χ4n) is 0.353. The van der Waals surface area contributed by atoms with Gasteiger partial charge >= 0.3 is 60.4 Å². The molecule has 4 nitrogen and oxygen atoms in total. The minimum atomic E-state index is -4.19. The summed E-state index contributed by atoms with van der Waals surface area (Å²) in [4.78, 5) is 24.8. The SMILES string of the molecule is CCCCO[Si](O)(O)O.[KH]. The molecule has 0 bridgehead atoms. The average molecular weight is 192 g/mol. The predicted octanol–water partition coefficient (Wildman–Crippen LogP) is -1.43. The van der Waals surface area contributed by atoms with E-state index in [-0.39, 0.29) is 58.0 Å². The van der Waals surface area contributed by atoms with Crippen LogP contribution in [0.2, 0.25) is 0 Å². The van der Waals surface area contributed by atoms with Gasteiger partial charge < -0.3 is 18.8 Å². The zero-order valence-electron chi connectivity index (χ0n) is 5.37. The van der Waals surface area contributed by atoms with Crippen molar-refractivity contribution in [3.63, 3.8) is 0 Å². The van der Waals surface area contributed by atoms with Crippen molar-refractivity contribution >= 4 is 60.4 Å². The summed E-state index contributed by atoms with van der Waals surface area (Å²) < 4.78 is 4.28. The molecule has 0 fully saturated rings. The zero-order valence-corrected chi connectivity index (χ0v) is 6.37. The van der Waals surface area contributed by atoms with E-state index in [1.54, 1.807) is 0 Å². The van der Waals surface area contributed by atoms with E-state index < -0.39 is 9.05 Å². The molecule has 3 N–H and O–H groups in total. The van der Waals surface area contributed by atoms with Crippen LogP contribution >= 0.6 is 0 Å². The Hall–Kier alpha value is 1.69. The molecule has 0 heterocycles. The van der Waals surface area contributed by atoms with E-state index >= 15 is 0 Å². The molecular weight excluding hydrogens is 179 g/mol. The summed E-state index contributed by atoms with van der Waals surface area (Å²) >= 11 is 0. The van der Waals surface area contributed by atoms with Gasteiger partial charge in [0.25, 0.3) is 0 Å². The molecule has 0 unspecified atom stereocenters. The Labute approximate surface area is 104 Å². The molecule has 0 amide bonds. The molecule has 0 aromatic rings. The third-order valence-electron chi connectivity index (χ3n) is 0.794. The molecule has 10 heavy (non-hydrogen) atoms. The van der Waals surface area contributed by atoms with Crippen LogP contribution in [-0.4, -0.2) is 81.4 Å². The van der Waals surface area contributed by atoms with Crippen LogP contribution in [0.3, 0.4) is 0 Å². The van der Waals surface area contributed by atoms with Crippen LogP contribution in [0.4, 0.5) is 0 Å². The van der Waals surface area contributed by atoms with Crippen LogP contribution in [0.25, 0.3) is 0 Å². The molecule has 0 aliphatic rings. The summed E-state index contributed by atoms with van der Waals surface area (Å²) in [6.45, 7) is 2.16. The molecule has 0 aromatic carbocycles. The molecule has 0 aliphatic carbocycles. The van der Waals surface area contributed by atoms with Gasteiger partial charge in [-0.3, -0.25) is 0 Å². The third kappa shape index (κ3) is 12.4. The summed E-state index contributed by atoms with van der Waals surface area (Å²) in [5, 5.41) is 0. The Kier molecular flexibility index (Phi) is 10.5. The van der Waals surface area contributed by atoms with E-state index in [0.29, 0.717) is 0 Å². The van der Waals surface area contributed by atoms with Gasteiger partial charge in [0.1, 0.15) is 0 Å². The van der Waals surface area contributed by atoms with Crippen LogP contribution in [0.15, 0.2) is 0 Å². The third-order valence-corrected chi connectivity index (χ3v) is 1.39. The normalized spacial score (nSPS) is 10.8. The van der Waals surface area contributed by atoms with E-state index in [1.807, 2.05) is 6.92 Å². The van der Waals surface area contributed by atoms with Gasteiger partial charge in [-0.1, -0.05) is 13.3 Å². The number of hydrogen-bond donors (Lipinski definition) is 3. The second-order valence-corrected chi connectivity index (χ2v) is 3.21. The Morgan fingerprint density at radius 3 is 2.10 bits per heavy atom. The van der Waals surface area contributed by atoms with Crippen molar-refractivity contribution in [2.75, 3.05) is 6.61 Å². The van der Waals surface area contributed by atoms with E-state index in [9.17, 15) is 0 Å². The summed E-state index contributed by atoms with van der Waals surface area (Å²) in [6, 6.07) is 0. The van der Waals surface area contributed by atoms with Crippen LogP contribution in [0.5, 0.6) is 0 Å². The van der Waals surface area contributed by atoms with Crippen LogP contribution in [0.1, 0.15) is 19.8 Å². The van der Waals surface area contributed by atoms with Crippen molar-refractivity contribution in [2.24, 2.45) is 0 Å². The second-order valence-electron chi connectivity index (χ2n) is 1.78. The van der Waals surface area contributed by atoms with Gasteiger partial charge in [0.05, 0.1) is 0 Å². The van der Waals surface area contributed by atoms with Crippen molar-refractivity contribution in [2.45, 2.75) is 19.8 Å². The fourth-order valence-corrected chi connectivity index (χ4v) is 0.772. The molecule has 0 aliphatic heterocycles. The quantitative estimate of drug-likeness (QED) is 0.377. The molecule has 0 saturated carbocycles. The van der Waals surface area contributed by atoms with Crippen molar-refractivity contribution < 1.29 is 18.8 Å². The van der Waals surface area contributed by atoms with Gasteiger partial charge in [-0.25, -0.2) is 0 Å². The van der Waals surface area contributed by atoms with Gasteiger partial charge in [-0.2, -0.15) is 0 Å². The van der Waals surface area contributed by atoms with Gasteiger partial charge in [-0.15, -0.1) is 0 Å². The molecule has 0 rings (SSSR count). The van der Waals surface area contributed by atoms with Gasteiger partial charge in [0, 0.05) is 6.61 Å². The zero-order chi connectivity index (χ0) is 7.33. The maximum absolute atomic E-state index is 8.27. The molecule has 0 atom stereocenters. The standard InChI is InChI=1S/C4H12O4Si.K.H/c1-2-3-4-8-9(5,6)7;;/h5-7H,2-4H2,1H3;;. The second kappa shape index (κ2) is 7.35. The van der Waals surface area contributed by atoms with E-state index in [0.717, 1.165) is 12.8 Å². The van der Waals surface area contributed by atoms with Gasteiger partial charge in [-0.05, 0) is 6.42 Å². The Morgan fingerprint density at radius 2 is 1.80 bits per heavy atom. The minimum absolute atomic E-state index is 0. The van der Waals surface area contributed by atoms with Crippen molar-refractivity contribution in [3.05, 3.63) is 0 Å². The maximum atomic E-state index is 8.27. The summed E-state index contributed by atoms with van der Waals surface area (Å²) in [7, 11) is -4.19. The molecule has 0 radical (unpaired) electrons. The first-order chi connectivity index (χ1) is 4.06.